The topological polar surface area (TPSA) is 160 Å². The number of primary amides is 1. The molecule has 0 saturated carbocycles. The number of amides is 3. The Bertz CT molecular complexity index is 392. The lowest BCUT2D eigenvalue weighted by molar-refractivity contribution is -0.127. The third kappa shape index (κ3) is 10.9. The van der Waals surface area contributed by atoms with E-state index in [0.29, 0.717) is 25.8 Å². The third-order valence-corrected chi connectivity index (χ3v) is 3.38. The molecule has 0 aromatic rings. The molecule has 0 aliphatic heterocycles. The van der Waals surface area contributed by atoms with Crippen molar-refractivity contribution in [2.45, 2.75) is 51.1 Å². The number of nitrogens with one attached hydrogen (secondary N) is 3. The van der Waals surface area contributed by atoms with Gasteiger partial charge in [-0.2, -0.15) is 0 Å². The maximum absolute atomic E-state index is 11.8. The third-order valence-electron chi connectivity index (χ3n) is 3.38. The van der Waals surface area contributed by atoms with Crippen molar-refractivity contribution in [3.05, 3.63) is 0 Å². The van der Waals surface area contributed by atoms with Crippen LogP contribution in [0.25, 0.3) is 0 Å². The van der Waals surface area contributed by atoms with Crippen molar-refractivity contribution in [3.8, 4) is 0 Å². The van der Waals surface area contributed by atoms with E-state index >= 15 is 0 Å². The number of unbranched alkanes of at least 4 members (excludes halogenated alkanes) is 1. The number of hydrogen-bond donors (Lipinski definition) is 6. The predicted octanol–water partition coefficient (Wildman–Crippen LogP) is -2.05. The summed E-state index contributed by atoms with van der Waals surface area (Å²) in [5.74, 6) is -1.09. The molecule has 140 valence electrons. The van der Waals surface area contributed by atoms with Crippen molar-refractivity contribution >= 4 is 17.7 Å². The van der Waals surface area contributed by atoms with Crippen LogP contribution in [0.4, 0.5) is 0 Å². The minimum atomic E-state index is -0.680. The molecular weight excluding hydrogens is 314 g/mol. The Morgan fingerprint density at radius 1 is 1.12 bits per heavy atom. The van der Waals surface area contributed by atoms with Gasteiger partial charge in [0.2, 0.25) is 17.7 Å². The van der Waals surface area contributed by atoms with E-state index < -0.39 is 18.0 Å². The van der Waals surface area contributed by atoms with E-state index in [1.54, 1.807) is 0 Å². The number of aliphatic hydroxyl groups excluding tert-OH is 1. The quantitative estimate of drug-likeness (QED) is 0.199. The number of nitrogens with two attached hydrogens (primary N) is 2. The van der Waals surface area contributed by atoms with Crippen molar-refractivity contribution in [3.63, 3.8) is 0 Å². The van der Waals surface area contributed by atoms with Gasteiger partial charge in [-0.05, 0) is 25.8 Å². The zero-order valence-corrected chi connectivity index (χ0v) is 14.3. The molecule has 0 fully saturated rings. The minimum absolute atomic E-state index is 0.0347. The highest BCUT2D eigenvalue weighted by molar-refractivity contribution is 5.87. The number of aliphatic hydroxyl groups is 1. The summed E-state index contributed by atoms with van der Waals surface area (Å²) in [6.45, 7) is 2.39. The fraction of sp³-hybridized carbons (Fsp3) is 0.800. The first-order chi connectivity index (χ1) is 11.4. The lowest BCUT2D eigenvalue weighted by Crippen LogP contribution is -2.49. The van der Waals surface area contributed by atoms with Gasteiger partial charge in [0.05, 0.1) is 19.2 Å². The van der Waals surface area contributed by atoms with Crippen LogP contribution in [-0.4, -0.2) is 61.2 Å². The second kappa shape index (κ2) is 13.7. The molecule has 0 rings (SSSR count). The molecule has 0 radical (unpaired) electrons. The first-order valence-electron chi connectivity index (χ1n) is 8.34. The van der Waals surface area contributed by atoms with Crippen LogP contribution in [0, 0.1) is 0 Å². The first kappa shape index (κ1) is 22.3. The molecule has 3 amide bonds. The molecule has 0 aromatic heterocycles. The van der Waals surface area contributed by atoms with Gasteiger partial charge in [0.1, 0.15) is 6.04 Å². The molecular formula is C15H31N5O4. The van der Waals surface area contributed by atoms with Gasteiger partial charge in [-0.3, -0.25) is 14.4 Å². The van der Waals surface area contributed by atoms with E-state index in [2.05, 4.69) is 16.0 Å². The SMILES string of the molecule is CCCC(NC(=O)CNCC(CO)NC(=O)CCCCN)C(N)=O. The van der Waals surface area contributed by atoms with Crippen molar-refractivity contribution in [1.29, 1.82) is 0 Å². The summed E-state index contributed by atoms with van der Waals surface area (Å²) in [7, 11) is 0. The molecule has 8 N–H and O–H groups in total. The summed E-state index contributed by atoms with van der Waals surface area (Å²) < 4.78 is 0. The maximum Gasteiger partial charge on any atom is 0.240 e. The van der Waals surface area contributed by atoms with Gasteiger partial charge in [0, 0.05) is 13.0 Å². The van der Waals surface area contributed by atoms with Crippen molar-refractivity contribution in [2.75, 3.05) is 26.2 Å². The van der Waals surface area contributed by atoms with E-state index in [1.165, 1.54) is 0 Å². The van der Waals surface area contributed by atoms with Crippen LogP contribution in [0.3, 0.4) is 0 Å². The second-order valence-corrected chi connectivity index (χ2v) is 5.63. The standard InChI is InChI=1S/C15H31N5O4/c1-2-5-12(15(17)24)20-14(23)9-18-8-11(10-21)19-13(22)6-3-4-7-16/h11-12,18,21H,2-10,16H2,1H3,(H2,17,24)(H,19,22)(H,20,23). The normalized spacial score (nSPS) is 13.1. The number of carbonyl (C=O) groups excluding carboxylic acids is 3. The molecule has 2 unspecified atom stereocenters. The van der Waals surface area contributed by atoms with E-state index in [1.807, 2.05) is 6.92 Å². The summed E-state index contributed by atoms with van der Waals surface area (Å²) >= 11 is 0. The Hall–Kier alpha value is -1.71. The molecule has 0 spiro atoms. The smallest absolute Gasteiger partial charge is 0.240 e. The van der Waals surface area contributed by atoms with Gasteiger partial charge in [-0.15, -0.1) is 0 Å². The van der Waals surface area contributed by atoms with Crippen LogP contribution < -0.4 is 27.4 Å². The zero-order valence-electron chi connectivity index (χ0n) is 14.3. The van der Waals surface area contributed by atoms with Crippen LogP contribution in [0.1, 0.15) is 39.0 Å². The van der Waals surface area contributed by atoms with Crippen molar-refractivity contribution in [2.24, 2.45) is 11.5 Å². The van der Waals surface area contributed by atoms with Gasteiger partial charge in [0.15, 0.2) is 0 Å². The molecule has 24 heavy (non-hydrogen) atoms. The van der Waals surface area contributed by atoms with Crippen LogP contribution in [0.15, 0.2) is 0 Å². The van der Waals surface area contributed by atoms with E-state index in [9.17, 15) is 19.5 Å². The molecule has 0 bridgehead atoms. The Labute approximate surface area is 142 Å². The van der Waals surface area contributed by atoms with Crippen LogP contribution >= 0.6 is 0 Å². The molecule has 0 aromatic carbocycles. The predicted molar refractivity (Wildman–Crippen MR) is 90.8 cm³/mol. The highest BCUT2D eigenvalue weighted by atomic mass is 16.3. The second-order valence-electron chi connectivity index (χ2n) is 5.63. The molecule has 2 atom stereocenters. The van der Waals surface area contributed by atoms with E-state index in [4.69, 9.17) is 11.5 Å². The molecule has 0 saturated heterocycles. The summed E-state index contributed by atoms with van der Waals surface area (Å²) in [5.41, 5.74) is 10.6. The van der Waals surface area contributed by atoms with Crippen LogP contribution in [-0.2, 0) is 14.4 Å². The van der Waals surface area contributed by atoms with Gasteiger partial charge in [-0.25, -0.2) is 0 Å². The van der Waals surface area contributed by atoms with Crippen LogP contribution in [0.2, 0.25) is 0 Å². The van der Waals surface area contributed by atoms with Crippen molar-refractivity contribution in [1.82, 2.24) is 16.0 Å². The monoisotopic (exact) mass is 345 g/mol. The van der Waals surface area contributed by atoms with Gasteiger partial charge >= 0.3 is 0 Å². The maximum atomic E-state index is 11.8. The molecule has 0 aliphatic carbocycles. The average molecular weight is 345 g/mol. The Morgan fingerprint density at radius 2 is 1.83 bits per heavy atom. The lowest BCUT2D eigenvalue weighted by atomic mass is 10.1. The van der Waals surface area contributed by atoms with Gasteiger partial charge in [0.25, 0.3) is 0 Å². The van der Waals surface area contributed by atoms with E-state index in [-0.39, 0.29) is 31.5 Å². The Balaban J connectivity index is 4.05. The summed E-state index contributed by atoms with van der Waals surface area (Å²) in [6.07, 6.45) is 3.03. The molecule has 9 heteroatoms. The average Bonchev–Trinajstić information content (AvgIpc) is 2.53. The summed E-state index contributed by atoms with van der Waals surface area (Å²) in [4.78, 5) is 34.6. The summed E-state index contributed by atoms with van der Waals surface area (Å²) in [5, 5.41) is 17.3. The number of carbonyl (C=O) groups is 3. The molecule has 0 heterocycles. The van der Waals surface area contributed by atoms with Gasteiger partial charge in [-0.1, -0.05) is 13.3 Å². The first-order valence-corrected chi connectivity index (χ1v) is 8.34. The molecule has 9 nitrogen and oxygen atoms in total. The Morgan fingerprint density at radius 3 is 2.38 bits per heavy atom. The fourth-order valence-electron chi connectivity index (χ4n) is 2.07. The van der Waals surface area contributed by atoms with Crippen LogP contribution in [0.5, 0.6) is 0 Å². The largest absolute Gasteiger partial charge is 0.394 e. The number of hydrogen-bond acceptors (Lipinski definition) is 6. The van der Waals surface area contributed by atoms with Gasteiger partial charge < -0.3 is 32.5 Å². The number of rotatable bonds is 14. The highest BCUT2D eigenvalue weighted by Gasteiger charge is 2.17. The lowest BCUT2D eigenvalue weighted by Gasteiger charge is -2.18. The van der Waals surface area contributed by atoms with E-state index in [0.717, 1.165) is 12.8 Å². The fourth-order valence-corrected chi connectivity index (χ4v) is 2.07. The summed E-state index contributed by atoms with van der Waals surface area (Å²) in [6, 6.07) is -1.16. The minimum Gasteiger partial charge on any atom is -0.394 e. The van der Waals surface area contributed by atoms with Crippen molar-refractivity contribution < 1.29 is 19.5 Å². The molecule has 0 aliphatic rings. The highest BCUT2D eigenvalue weighted by Crippen LogP contribution is 1.96. The Kier molecular flexibility index (Phi) is 12.7. The zero-order chi connectivity index (χ0) is 18.4.